The van der Waals surface area contributed by atoms with Gasteiger partial charge >= 0.3 is 0 Å². The van der Waals surface area contributed by atoms with Crippen molar-refractivity contribution < 1.29 is 4.79 Å². The zero-order valence-corrected chi connectivity index (χ0v) is 17.3. The van der Waals surface area contributed by atoms with E-state index in [2.05, 4.69) is 55.4 Å². The zero-order valence-electron chi connectivity index (χ0n) is 17.3. The van der Waals surface area contributed by atoms with Crippen LogP contribution in [-0.4, -0.2) is 42.9 Å². The van der Waals surface area contributed by atoms with E-state index in [1.165, 1.54) is 5.56 Å². The molecule has 1 saturated heterocycles. The molecule has 2 aliphatic rings. The fourth-order valence-electron chi connectivity index (χ4n) is 5.02. The van der Waals surface area contributed by atoms with Crippen LogP contribution in [0.1, 0.15) is 57.9 Å². The molecule has 0 aromatic heterocycles. The lowest BCUT2D eigenvalue weighted by Crippen LogP contribution is -2.47. The number of carbonyl (C=O) groups excluding carboxylic acids is 1. The van der Waals surface area contributed by atoms with E-state index in [4.69, 9.17) is 0 Å². The van der Waals surface area contributed by atoms with Gasteiger partial charge in [0.15, 0.2) is 0 Å². The second-order valence-corrected chi connectivity index (χ2v) is 9.53. The van der Waals surface area contributed by atoms with Crippen LogP contribution in [0.2, 0.25) is 0 Å². The second-order valence-electron chi connectivity index (χ2n) is 9.53. The van der Waals surface area contributed by atoms with Crippen molar-refractivity contribution in [1.82, 2.24) is 9.80 Å². The fourth-order valence-corrected chi connectivity index (χ4v) is 5.02. The summed E-state index contributed by atoms with van der Waals surface area (Å²) in [6.07, 6.45) is 6.01. The maximum atomic E-state index is 12.7. The van der Waals surface area contributed by atoms with Crippen LogP contribution in [0.25, 0.3) is 0 Å². The van der Waals surface area contributed by atoms with E-state index < -0.39 is 5.41 Å². The Kier molecular flexibility index (Phi) is 5.36. The highest BCUT2D eigenvalue weighted by Crippen LogP contribution is 2.51. The van der Waals surface area contributed by atoms with Crippen LogP contribution < -0.4 is 0 Å². The largest absolute Gasteiger partial charge is 0.342 e. The molecule has 1 aromatic carbocycles. The molecule has 0 N–H and O–H groups in total. The van der Waals surface area contributed by atoms with Crippen LogP contribution in [0.3, 0.4) is 0 Å². The third kappa shape index (κ3) is 3.89. The molecule has 0 bridgehead atoms. The predicted octanol–water partition coefficient (Wildman–Crippen LogP) is 4.18. The van der Waals surface area contributed by atoms with Crippen molar-refractivity contribution in [1.29, 1.82) is 5.26 Å². The number of hydrogen-bond donors (Lipinski definition) is 0. The Morgan fingerprint density at radius 3 is 2.33 bits per heavy atom. The van der Waals surface area contributed by atoms with Gasteiger partial charge in [0.25, 0.3) is 0 Å². The van der Waals surface area contributed by atoms with Crippen molar-refractivity contribution in [2.24, 2.45) is 10.8 Å². The zero-order chi connectivity index (χ0) is 19.7. The van der Waals surface area contributed by atoms with Crippen LogP contribution in [0, 0.1) is 22.2 Å². The molecular weight excluding hydrogens is 334 g/mol. The third-order valence-corrected chi connectivity index (χ3v) is 6.99. The van der Waals surface area contributed by atoms with Crippen LogP contribution >= 0.6 is 0 Å². The number of nitriles is 1. The second kappa shape index (κ2) is 7.28. The van der Waals surface area contributed by atoms with E-state index in [0.29, 0.717) is 6.42 Å². The predicted molar refractivity (Wildman–Crippen MR) is 108 cm³/mol. The van der Waals surface area contributed by atoms with Gasteiger partial charge in [-0.05, 0) is 71.0 Å². The molecule has 27 heavy (non-hydrogen) atoms. The van der Waals surface area contributed by atoms with Gasteiger partial charge in [-0.1, -0.05) is 30.3 Å². The maximum Gasteiger partial charge on any atom is 0.224 e. The molecule has 146 valence electrons. The SMILES string of the molecule is CN(C)C1(c2ccccc2)CCC2(CCN(C(=O)CC(C)(C)C#N)C2)CC1. The molecule has 1 aliphatic carbocycles. The minimum absolute atomic E-state index is 0.104. The quantitative estimate of drug-likeness (QED) is 0.802. The summed E-state index contributed by atoms with van der Waals surface area (Å²) in [5, 5.41) is 9.22. The van der Waals surface area contributed by atoms with E-state index in [9.17, 15) is 10.1 Å². The Morgan fingerprint density at radius 2 is 1.78 bits per heavy atom. The molecule has 0 unspecified atom stereocenters. The molecule has 1 heterocycles. The van der Waals surface area contributed by atoms with Crippen molar-refractivity contribution in [3.63, 3.8) is 0 Å². The van der Waals surface area contributed by atoms with Gasteiger partial charge in [-0.3, -0.25) is 9.69 Å². The Hall–Kier alpha value is -1.86. The van der Waals surface area contributed by atoms with E-state index in [1.807, 2.05) is 18.7 Å². The van der Waals surface area contributed by atoms with Crippen LogP contribution in [0.5, 0.6) is 0 Å². The van der Waals surface area contributed by atoms with Crippen molar-refractivity contribution in [2.45, 2.75) is 57.9 Å². The summed E-state index contributed by atoms with van der Waals surface area (Å²) < 4.78 is 0. The van der Waals surface area contributed by atoms with Crippen LogP contribution in [0.15, 0.2) is 30.3 Å². The van der Waals surface area contributed by atoms with E-state index in [-0.39, 0.29) is 16.9 Å². The Labute approximate surface area is 164 Å². The van der Waals surface area contributed by atoms with Crippen LogP contribution in [0.4, 0.5) is 0 Å². The molecule has 0 atom stereocenters. The first-order chi connectivity index (χ1) is 12.7. The lowest BCUT2D eigenvalue weighted by atomic mass is 9.64. The molecule has 1 amide bonds. The molecular formula is C23H33N3O. The smallest absolute Gasteiger partial charge is 0.224 e. The third-order valence-electron chi connectivity index (χ3n) is 6.99. The lowest BCUT2D eigenvalue weighted by molar-refractivity contribution is -0.132. The van der Waals surface area contributed by atoms with E-state index in [1.54, 1.807) is 0 Å². The number of nitrogens with zero attached hydrogens (tertiary/aromatic N) is 3. The standard InChI is InChI=1S/C23H33N3O/c1-21(2,17-24)16-20(27)26-15-14-22(18-26)10-12-23(13-11-22,25(3)4)19-8-6-5-7-9-19/h5-9H,10-16,18H2,1-4H3. The summed E-state index contributed by atoms with van der Waals surface area (Å²) in [6, 6.07) is 13.1. The number of carbonyl (C=O) groups is 1. The number of rotatable bonds is 4. The minimum Gasteiger partial charge on any atom is -0.342 e. The number of hydrogen-bond acceptors (Lipinski definition) is 3. The summed E-state index contributed by atoms with van der Waals surface area (Å²) in [6.45, 7) is 5.41. The highest BCUT2D eigenvalue weighted by Gasteiger charge is 2.48. The van der Waals surface area contributed by atoms with Crippen molar-refractivity contribution >= 4 is 5.91 Å². The average molecular weight is 368 g/mol. The van der Waals surface area contributed by atoms with Gasteiger partial charge < -0.3 is 4.90 Å². The van der Waals surface area contributed by atoms with Crippen molar-refractivity contribution in [2.75, 3.05) is 27.2 Å². The molecule has 3 rings (SSSR count). The lowest BCUT2D eigenvalue weighted by Gasteiger charge is -2.49. The van der Waals surface area contributed by atoms with Crippen molar-refractivity contribution in [3.8, 4) is 6.07 Å². The molecule has 1 aliphatic heterocycles. The maximum absolute atomic E-state index is 12.7. The molecule has 0 radical (unpaired) electrons. The Bertz CT molecular complexity index is 709. The molecule has 4 nitrogen and oxygen atoms in total. The summed E-state index contributed by atoms with van der Waals surface area (Å²) in [5.41, 5.74) is 1.20. The fraction of sp³-hybridized carbons (Fsp3) is 0.652. The van der Waals surface area contributed by atoms with Gasteiger partial charge in [-0.2, -0.15) is 5.26 Å². The first kappa shape index (κ1) is 19.9. The summed E-state index contributed by atoms with van der Waals surface area (Å²) >= 11 is 0. The Balaban J connectivity index is 1.68. The molecule has 1 aromatic rings. The van der Waals surface area contributed by atoms with Gasteiger partial charge in [-0.15, -0.1) is 0 Å². The number of amides is 1. The van der Waals surface area contributed by atoms with Gasteiger partial charge in [0.2, 0.25) is 5.91 Å². The van der Waals surface area contributed by atoms with Gasteiger partial charge in [-0.25, -0.2) is 0 Å². The highest BCUT2D eigenvalue weighted by atomic mass is 16.2. The first-order valence-electron chi connectivity index (χ1n) is 10.1. The van der Waals surface area contributed by atoms with Crippen LogP contribution in [-0.2, 0) is 10.3 Å². The Morgan fingerprint density at radius 1 is 1.15 bits per heavy atom. The van der Waals surface area contributed by atoms with Crippen molar-refractivity contribution in [3.05, 3.63) is 35.9 Å². The minimum atomic E-state index is -0.577. The van der Waals surface area contributed by atoms with Gasteiger partial charge in [0, 0.05) is 25.0 Å². The van der Waals surface area contributed by atoms with E-state index in [0.717, 1.165) is 45.2 Å². The van der Waals surface area contributed by atoms with E-state index >= 15 is 0 Å². The topological polar surface area (TPSA) is 47.3 Å². The first-order valence-corrected chi connectivity index (χ1v) is 10.1. The molecule has 4 heteroatoms. The summed E-state index contributed by atoms with van der Waals surface area (Å²) in [4.78, 5) is 17.1. The van der Waals surface area contributed by atoms with Gasteiger partial charge in [0.05, 0.1) is 11.5 Å². The number of benzene rings is 1. The monoisotopic (exact) mass is 367 g/mol. The normalized spacial score (nSPS) is 28.5. The van der Waals surface area contributed by atoms with Gasteiger partial charge in [0.1, 0.15) is 0 Å². The molecule has 1 saturated carbocycles. The molecule has 1 spiro atoms. The average Bonchev–Trinajstić information content (AvgIpc) is 3.07. The number of likely N-dealkylation sites (tertiary alicyclic amines) is 1. The summed E-state index contributed by atoms with van der Waals surface area (Å²) in [5.74, 6) is 0.144. The summed E-state index contributed by atoms with van der Waals surface area (Å²) in [7, 11) is 4.39. The highest BCUT2D eigenvalue weighted by molar-refractivity contribution is 5.77. The molecule has 2 fully saturated rings.